The van der Waals surface area contributed by atoms with Crippen molar-refractivity contribution in [3.8, 4) is 5.75 Å². The lowest BCUT2D eigenvalue weighted by Gasteiger charge is -2.09. The first-order chi connectivity index (χ1) is 8.83. The Hall–Kier alpha value is -1.53. The summed E-state index contributed by atoms with van der Waals surface area (Å²) in [5.41, 5.74) is 6.26. The third-order valence-electron chi connectivity index (χ3n) is 2.44. The second kappa shape index (κ2) is 6.42. The van der Waals surface area contributed by atoms with Gasteiger partial charge in [0.25, 0.3) is 0 Å². The largest absolute Gasteiger partial charge is 0.490 e. The van der Waals surface area contributed by atoms with Gasteiger partial charge in [-0.05, 0) is 18.4 Å². The quantitative estimate of drug-likeness (QED) is 0.802. The molecule has 18 heavy (non-hydrogen) atoms. The van der Waals surface area contributed by atoms with E-state index < -0.39 is 0 Å². The fourth-order valence-electron chi connectivity index (χ4n) is 1.53. The number of ether oxygens (including phenoxy) is 1. The van der Waals surface area contributed by atoms with E-state index in [1.807, 2.05) is 36.7 Å². The summed E-state index contributed by atoms with van der Waals surface area (Å²) in [7, 11) is 0. The molecular weight excluding hydrogens is 248 g/mol. The lowest BCUT2D eigenvalue weighted by atomic mass is 10.3. The van der Waals surface area contributed by atoms with E-state index in [1.54, 1.807) is 16.4 Å². The summed E-state index contributed by atoms with van der Waals surface area (Å²) < 4.78 is 7.47. The first kappa shape index (κ1) is 12.9. The Morgan fingerprint density at radius 3 is 2.94 bits per heavy atom. The number of hydrogen-bond donors (Lipinski definition) is 1. The third-order valence-corrected chi connectivity index (χ3v) is 3.22. The molecule has 0 saturated carbocycles. The first-order valence-electron chi connectivity index (χ1n) is 5.68. The van der Waals surface area contributed by atoms with Gasteiger partial charge in [0.1, 0.15) is 12.4 Å². The van der Waals surface area contributed by atoms with Crippen LogP contribution >= 0.6 is 11.8 Å². The summed E-state index contributed by atoms with van der Waals surface area (Å²) in [5.74, 6) is 0.907. The average Bonchev–Trinajstić information content (AvgIpc) is 2.87. The molecule has 0 aliphatic heterocycles. The highest BCUT2D eigenvalue weighted by atomic mass is 32.2. The minimum atomic E-state index is 0.413. The molecule has 96 valence electrons. The Bertz CT molecular complexity index is 500. The number of para-hydroxylation sites is 1. The second-order valence-corrected chi connectivity index (χ2v) is 4.52. The van der Waals surface area contributed by atoms with Crippen LogP contribution in [-0.4, -0.2) is 27.9 Å². The van der Waals surface area contributed by atoms with Gasteiger partial charge in [-0.3, -0.25) is 0 Å². The second-order valence-electron chi connectivity index (χ2n) is 3.68. The van der Waals surface area contributed by atoms with Gasteiger partial charge in [0.15, 0.2) is 0 Å². The Kier molecular flexibility index (Phi) is 4.60. The molecule has 0 saturated heterocycles. The summed E-state index contributed by atoms with van der Waals surface area (Å²) in [4.78, 5) is 1.14. The molecule has 0 fully saturated rings. The van der Waals surface area contributed by atoms with Gasteiger partial charge in [-0.1, -0.05) is 17.3 Å². The van der Waals surface area contributed by atoms with Crippen LogP contribution < -0.4 is 10.5 Å². The Morgan fingerprint density at radius 2 is 2.22 bits per heavy atom. The van der Waals surface area contributed by atoms with Crippen LogP contribution in [0.1, 0.15) is 5.69 Å². The maximum atomic E-state index is 5.73. The van der Waals surface area contributed by atoms with Crippen LogP contribution in [0.4, 0.5) is 0 Å². The van der Waals surface area contributed by atoms with Gasteiger partial charge in [0.2, 0.25) is 0 Å². The Labute approximate surface area is 110 Å². The van der Waals surface area contributed by atoms with Crippen molar-refractivity contribution in [1.82, 2.24) is 15.0 Å². The van der Waals surface area contributed by atoms with E-state index in [1.165, 1.54) is 0 Å². The van der Waals surface area contributed by atoms with E-state index >= 15 is 0 Å². The number of nitrogens with zero attached hydrogens (tertiary/aromatic N) is 3. The number of benzene rings is 1. The van der Waals surface area contributed by atoms with Crippen molar-refractivity contribution in [1.29, 1.82) is 0 Å². The lowest BCUT2D eigenvalue weighted by Crippen LogP contribution is -2.09. The summed E-state index contributed by atoms with van der Waals surface area (Å²) in [6.07, 6.45) is 3.87. The van der Waals surface area contributed by atoms with Crippen LogP contribution in [-0.2, 0) is 13.1 Å². The molecule has 0 spiro atoms. The topological polar surface area (TPSA) is 66.0 Å². The van der Waals surface area contributed by atoms with Crippen LogP contribution in [0.5, 0.6) is 5.75 Å². The fraction of sp³-hybridized carbons (Fsp3) is 0.333. The van der Waals surface area contributed by atoms with Gasteiger partial charge >= 0.3 is 0 Å². The summed E-state index contributed by atoms with van der Waals surface area (Å²) in [6, 6.07) is 7.99. The molecule has 0 atom stereocenters. The van der Waals surface area contributed by atoms with E-state index in [0.717, 1.165) is 16.3 Å². The molecule has 0 bridgehead atoms. The molecule has 0 aliphatic carbocycles. The number of thioether (sulfide) groups is 1. The normalized spacial score (nSPS) is 10.6. The number of aromatic nitrogens is 3. The molecule has 2 aromatic rings. The molecule has 2 N–H and O–H groups in total. The van der Waals surface area contributed by atoms with Crippen molar-refractivity contribution in [2.75, 3.05) is 12.9 Å². The summed E-state index contributed by atoms with van der Waals surface area (Å²) in [5, 5.41) is 7.88. The van der Waals surface area contributed by atoms with Crippen molar-refractivity contribution in [3.05, 3.63) is 36.2 Å². The summed E-state index contributed by atoms with van der Waals surface area (Å²) in [6.45, 7) is 1.64. The van der Waals surface area contributed by atoms with Gasteiger partial charge < -0.3 is 10.5 Å². The maximum absolute atomic E-state index is 5.73. The standard InChI is InChI=1S/C12H16N4OS/c1-18-12-5-3-2-4-11(12)17-7-6-16-9-10(8-13)14-15-16/h2-5,9H,6-8,13H2,1H3. The van der Waals surface area contributed by atoms with Crippen molar-refractivity contribution in [3.63, 3.8) is 0 Å². The molecule has 5 nitrogen and oxygen atoms in total. The number of hydrogen-bond acceptors (Lipinski definition) is 5. The molecule has 0 amide bonds. The van der Waals surface area contributed by atoms with Gasteiger partial charge in [0, 0.05) is 17.6 Å². The molecule has 1 aromatic carbocycles. The minimum absolute atomic E-state index is 0.413. The molecular formula is C12H16N4OS. The van der Waals surface area contributed by atoms with E-state index in [2.05, 4.69) is 10.3 Å². The third kappa shape index (κ3) is 3.24. The number of nitrogens with two attached hydrogens (primary N) is 1. The van der Waals surface area contributed by atoms with E-state index in [0.29, 0.717) is 19.7 Å². The van der Waals surface area contributed by atoms with E-state index in [-0.39, 0.29) is 0 Å². The van der Waals surface area contributed by atoms with Crippen molar-refractivity contribution < 1.29 is 4.74 Å². The van der Waals surface area contributed by atoms with Gasteiger partial charge in [-0.2, -0.15) is 0 Å². The first-order valence-corrected chi connectivity index (χ1v) is 6.91. The average molecular weight is 264 g/mol. The van der Waals surface area contributed by atoms with Crippen LogP contribution in [0, 0.1) is 0 Å². The molecule has 6 heteroatoms. The lowest BCUT2D eigenvalue weighted by molar-refractivity contribution is 0.283. The fourth-order valence-corrected chi connectivity index (χ4v) is 2.07. The van der Waals surface area contributed by atoms with E-state index in [4.69, 9.17) is 10.5 Å². The molecule has 0 aliphatic rings. The molecule has 0 radical (unpaired) electrons. The van der Waals surface area contributed by atoms with E-state index in [9.17, 15) is 0 Å². The zero-order chi connectivity index (χ0) is 12.8. The van der Waals surface area contributed by atoms with Gasteiger partial charge in [-0.25, -0.2) is 4.68 Å². The van der Waals surface area contributed by atoms with Crippen molar-refractivity contribution in [2.24, 2.45) is 5.73 Å². The predicted molar refractivity (Wildman–Crippen MR) is 71.6 cm³/mol. The number of rotatable bonds is 6. The van der Waals surface area contributed by atoms with Crippen LogP contribution in [0.3, 0.4) is 0 Å². The maximum Gasteiger partial charge on any atom is 0.132 e. The highest BCUT2D eigenvalue weighted by Gasteiger charge is 2.02. The van der Waals surface area contributed by atoms with Gasteiger partial charge in [0.05, 0.1) is 12.2 Å². The molecule has 2 rings (SSSR count). The zero-order valence-electron chi connectivity index (χ0n) is 10.2. The molecule has 1 heterocycles. The van der Waals surface area contributed by atoms with Crippen LogP contribution in [0.25, 0.3) is 0 Å². The van der Waals surface area contributed by atoms with Crippen LogP contribution in [0.2, 0.25) is 0 Å². The zero-order valence-corrected chi connectivity index (χ0v) is 11.1. The van der Waals surface area contributed by atoms with Crippen molar-refractivity contribution >= 4 is 11.8 Å². The highest BCUT2D eigenvalue weighted by Crippen LogP contribution is 2.26. The SMILES string of the molecule is CSc1ccccc1OCCn1cc(CN)nn1. The Balaban J connectivity index is 1.88. The smallest absolute Gasteiger partial charge is 0.132 e. The monoisotopic (exact) mass is 264 g/mol. The van der Waals surface area contributed by atoms with Crippen LogP contribution in [0.15, 0.2) is 35.4 Å². The Morgan fingerprint density at radius 1 is 1.39 bits per heavy atom. The van der Waals surface area contributed by atoms with Crippen molar-refractivity contribution in [2.45, 2.75) is 18.0 Å². The molecule has 0 unspecified atom stereocenters. The summed E-state index contributed by atoms with van der Waals surface area (Å²) >= 11 is 1.67. The minimum Gasteiger partial charge on any atom is -0.490 e. The highest BCUT2D eigenvalue weighted by molar-refractivity contribution is 7.98. The predicted octanol–water partition coefficient (Wildman–Crippen LogP) is 1.54. The van der Waals surface area contributed by atoms with Gasteiger partial charge in [-0.15, -0.1) is 16.9 Å². The molecule has 1 aromatic heterocycles.